The molecule has 2 heterocycles. The van der Waals surface area contributed by atoms with Gasteiger partial charge in [0.1, 0.15) is 0 Å². The van der Waals surface area contributed by atoms with Gasteiger partial charge in [0.25, 0.3) is 5.56 Å². The van der Waals surface area contributed by atoms with Gasteiger partial charge in [0.05, 0.1) is 11.0 Å². The maximum Gasteiger partial charge on any atom is 0.349 e. The molecule has 0 fully saturated rings. The van der Waals surface area contributed by atoms with Crippen molar-refractivity contribution >= 4 is 49.6 Å². The molecule has 0 aliphatic rings. The van der Waals surface area contributed by atoms with Crippen LogP contribution in [0.4, 0.5) is 0 Å². The first-order valence-corrected chi connectivity index (χ1v) is 8.24. The summed E-state index contributed by atoms with van der Waals surface area (Å²) in [6.45, 7) is 1.47. The molecule has 0 saturated carbocycles. The number of rotatable bonds is 0. The fourth-order valence-electron chi connectivity index (χ4n) is 3.12. The van der Waals surface area contributed by atoms with Gasteiger partial charge in [-0.15, -0.1) is 0 Å². The Balaban J connectivity index is 0.000000323. The van der Waals surface area contributed by atoms with Crippen molar-refractivity contribution in [3.63, 3.8) is 0 Å². The molecular formula is C19H15N5O3. The van der Waals surface area contributed by atoms with Gasteiger partial charge < -0.3 is 10.3 Å². The highest BCUT2D eigenvalue weighted by molar-refractivity contribution is 6.28. The van der Waals surface area contributed by atoms with E-state index in [4.69, 9.17) is 0 Å². The van der Waals surface area contributed by atoms with E-state index in [2.05, 4.69) is 25.3 Å². The molecule has 0 aliphatic heterocycles. The average Bonchev–Trinajstić information content (AvgIpc) is 2.96. The van der Waals surface area contributed by atoms with E-state index in [1.54, 1.807) is 7.05 Å². The van der Waals surface area contributed by atoms with Gasteiger partial charge in [-0.05, 0) is 5.39 Å². The lowest BCUT2D eigenvalue weighted by Crippen LogP contribution is -2.23. The number of fused-ring (bicyclic) bond motifs is 4. The second kappa shape index (κ2) is 6.17. The number of amides is 1. The van der Waals surface area contributed by atoms with E-state index in [1.807, 2.05) is 36.4 Å². The van der Waals surface area contributed by atoms with E-state index in [0.717, 1.165) is 27.1 Å². The van der Waals surface area contributed by atoms with Gasteiger partial charge in [0, 0.05) is 30.1 Å². The molecule has 27 heavy (non-hydrogen) atoms. The Labute approximate surface area is 151 Å². The molecule has 8 heteroatoms. The zero-order valence-corrected chi connectivity index (χ0v) is 14.6. The largest absolute Gasteiger partial charge is 0.359 e. The summed E-state index contributed by atoms with van der Waals surface area (Å²) < 4.78 is 0. The lowest BCUT2D eigenvalue weighted by molar-refractivity contribution is -0.118. The number of aromatic amines is 2. The summed E-state index contributed by atoms with van der Waals surface area (Å²) >= 11 is 0. The lowest BCUT2D eigenvalue weighted by Gasteiger charge is -1.97. The van der Waals surface area contributed by atoms with Crippen LogP contribution in [0, 0.1) is 0 Å². The molecule has 0 radical (unpaired) electrons. The van der Waals surface area contributed by atoms with E-state index in [9.17, 15) is 14.4 Å². The van der Waals surface area contributed by atoms with Crippen molar-refractivity contribution < 1.29 is 4.79 Å². The molecule has 0 unspecified atom stereocenters. The molecule has 0 bridgehead atoms. The van der Waals surface area contributed by atoms with E-state index in [0.29, 0.717) is 5.52 Å². The van der Waals surface area contributed by atoms with Crippen LogP contribution in [0.5, 0.6) is 0 Å². The topological polar surface area (TPSA) is 121 Å². The predicted molar refractivity (Wildman–Crippen MR) is 104 cm³/mol. The van der Waals surface area contributed by atoms with Crippen molar-refractivity contribution in [1.82, 2.24) is 25.3 Å². The molecule has 0 atom stereocenters. The van der Waals surface area contributed by atoms with Crippen LogP contribution in [0.25, 0.3) is 43.7 Å². The van der Waals surface area contributed by atoms with Crippen molar-refractivity contribution in [2.75, 3.05) is 7.05 Å². The number of nitrogens with one attached hydrogen (secondary N) is 3. The number of H-pyrrole nitrogens is 2. The van der Waals surface area contributed by atoms with Crippen LogP contribution in [0.3, 0.4) is 0 Å². The molecule has 0 saturated heterocycles. The fourth-order valence-corrected chi connectivity index (χ4v) is 3.12. The fraction of sp³-hybridized carbons (Fsp3) is 0.105. The predicted octanol–water partition coefficient (Wildman–Crippen LogP) is 1.66. The third-order valence-corrected chi connectivity index (χ3v) is 4.36. The second-order valence-corrected chi connectivity index (χ2v) is 6.04. The van der Waals surface area contributed by atoms with E-state index >= 15 is 0 Å². The van der Waals surface area contributed by atoms with Crippen LogP contribution in [0.1, 0.15) is 6.92 Å². The quantitative estimate of drug-likeness (QED) is 0.387. The van der Waals surface area contributed by atoms with Crippen LogP contribution in [0.15, 0.2) is 46.0 Å². The Morgan fingerprint density at radius 2 is 1.63 bits per heavy atom. The number of carbonyl (C=O) groups excluding carboxylic acids is 1. The third kappa shape index (κ3) is 2.67. The van der Waals surface area contributed by atoms with Crippen molar-refractivity contribution in [3.8, 4) is 0 Å². The number of aromatic nitrogens is 4. The molecule has 3 N–H and O–H groups in total. The Hall–Kier alpha value is -3.81. The number of nitrogens with zero attached hydrogens (tertiary/aromatic N) is 2. The monoisotopic (exact) mass is 361 g/mol. The summed E-state index contributed by atoms with van der Waals surface area (Å²) in [6, 6.07) is 12.0. The summed E-state index contributed by atoms with van der Waals surface area (Å²) in [5, 5.41) is 6.58. The van der Waals surface area contributed by atoms with Crippen LogP contribution < -0.4 is 16.6 Å². The number of hydrogen-bond donors (Lipinski definition) is 3. The molecule has 1 amide bonds. The van der Waals surface area contributed by atoms with Crippen molar-refractivity contribution in [1.29, 1.82) is 0 Å². The minimum absolute atomic E-state index is 0.00463. The minimum atomic E-state index is -0.677. The molecule has 5 rings (SSSR count). The Bertz CT molecular complexity index is 1430. The molecule has 0 aliphatic carbocycles. The first kappa shape index (κ1) is 16.6. The van der Waals surface area contributed by atoms with Crippen LogP contribution >= 0.6 is 0 Å². The smallest absolute Gasteiger partial charge is 0.349 e. The number of hydrogen-bond acceptors (Lipinski definition) is 5. The zero-order valence-electron chi connectivity index (χ0n) is 14.6. The van der Waals surface area contributed by atoms with Crippen LogP contribution in [-0.4, -0.2) is 32.9 Å². The van der Waals surface area contributed by atoms with Gasteiger partial charge in [0.2, 0.25) is 5.91 Å². The first-order chi connectivity index (χ1) is 13.0. The summed E-state index contributed by atoms with van der Waals surface area (Å²) in [4.78, 5) is 46.6. The Morgan fingerprint density at radius 1 is 0.963 bits per heavy atom. The van der Waals surface area contributed by atoms with Gasteiger partial charge in [-0.2, -0.15) is 4.98 Å². The Morgan fingerprint density at radius 3 is 2.30 bits per heavy atom. The molecular weight excluding hydrogens is 346 g/mol. The minimum Gasteiger partial charge on any atom is -0.359 e. The van der Waals surface area contributed by atoms with Crippen molar-refractivity contribution in [3.05, 3.63) is 57.2 Å². The molecule has 2 aromatic heterocycles. The summed E-state index contributed by atoms with van der Waals surface area (Å²) in [5.74, 6) is 0.00463. The molecule has 8 nitrogen and oxygen atoms in total. The van der Waals surface area contributed by atoms with Crippen LogP contribution in [0.2, 0.25) is 0 Å². The van der Waals surface area contributed by atoms with Gasteiger partial charge in [-0.3, -0.25) is 14.6 Å². The second-order valence-electron chi connectivity index (χ2n) is 6.04. The van der Waals surface area contributed by atoms with Gasteiger partial charge in [0.15, 0.2) is 11.2 Å². The van der Waals surface area contributed by atoms with E-state index < -0.39 is 11.2 Å². The molecule has 3 aromatic carbocycles. The van der Waals surface area contributed by atoms with E-state index in [1.165, 1.54) is 6.92 Å². The first-order valence-electron chi connectivity index (χ1n) is 8.24. The highest BCUT2D eigenvalue weighted by Gasteiger charge is 2.15. The summed E-state index contributed by atoms with van der Waals surface area (Å²) in [7, 11) is 1.60. The van der Waals surface area contributed by atoms with Crippen LogP contribution in [-0.2, 0) is 4.79 Å². The maximum absolute atomic E-state index is 11.9. The summed E-state index contributed by atoms with van der Waals surface area (Å²) in [5.41, 5.74) is 0.643. The molecule has 0 spiro atoms. The van der Waals surface area contributed by atoms with Gasteiger partial charge in [-0.1, -0.05) is 36.4 Å². The van der Waals surface area contributed by atoms with Crippen molar-refractivity contribution in [2.24, 2.45) is 0 Å². The normalized spacial score (nSPS) is 11.0. The summed E-state index contributed by atoms with van der Waals surface area (Å²) in [6.07, 6.45) is 0. The standard InChI is InChI=1S/C16H8N4O2.C3H7NO/c21-15-13-14(19-16(22)20-15)18-12-9-6-2-4-7-3-1-5-8(10(7)9)11(12)17-13;1-3(5)4-2/h1-6H,(H2,18,19,20,21,22);1-2H3,(H,4,5). The average molecular weight is 361 g/mol. The molecule has 134 valence electrons. The van der Waals surface area contributed by atoms with Gasteiger partial charge >= 0.3 is 5.69 Å². The maximum atomic E-state index is 11.9. The van der Waals surface area contributed by atoms with E-state index in [-0.39, 0.29) is 17.1 Å². The van der Waals surface area contributed by atoms with Crippen molar-refractivity contribution in [2.45, 2.75) is 6.92 Å². The third-order valence-electron chi connectivity index (χ3n) is 4.36. The van der Waals surface area contributed by atoms with Gasteiger partial charge in [-0.25, -0.2) is 9.78 Å². The number of benzene rings is 2. The highest BCUT2D eigenvalue weighted by Crippen LogP contribution is 2.36. The lowest BCUT2D eigenvalue weighted by atomic mass is 10.1. The Kier molecular flexibility index (Phi) is 3.80. The zero-order chi connectivity index (χ0) is 19.1. The SMILES string of the molecule is CNC(C)=O.O=c1nc2[nH]c3c4cccc5cccc(c3nc2c(=O)[nH]1)c54. The highest BCUT2D eigenvalue weighted by atomic mass is 16.2. The number of carbonyl (C=O) groups is 1. The molecule has 5 aromatic rings.